The van der Waals surface area contributed by atoms with Crippen molar-refractivity contribution in [2.45, 2.75) is 6.61 Å². The van der Waals surface area contributed by atoms with E-state index in [1.165, 1.54) is 13.2 Å². The van der Waals surface area contributed by atoms with Crippen LogP contribution in [0.4, 0.5) is 4.79 Å². The van der Waals surface area contributed by atoms with Crippen LogP contribution in [0, 0.1) is 0 Å². The lowest BCUT2D eigenvalue weighted by molar-refractivity contribution is 0.112. The molecular weight excluding hydrogens is 322 g/mol. The smallest absolute Gasteiger partial charge is 0.407 e. The maximum absolute atomic E-state index is 11.6. The normalized spacial score (nSPS) is 10.4. The molecule has 0 saturated heterocycles. The van der Waals surface area contributed by atoms with Crippen LogP contribution in [0.3, 0.4) is 0 Å². The molecule has 2 N–H and O–H groups in total. The molecule has 0 spiro atoms. The molecule has 0 aliphatic carbocycles. The molecule has 1 amide bonds. The Morgan fingerprint density at radius 2 is 1.96 bits per heavy atom. The summed E-state index contributed by atoms with van der Waals surface area (Å²) in [6, 6.07) is 12.4. The zero-order chi connectivity index (χ0) is 18.1. The Hall–Kier alpha value is -3.28. The Morgan fingerprint density at radius 1 is 1.20 bits per heavy atom. The van der Waals surface area contributed by atoms with Gasteiger partial charge in [-0.25, -0.2) is 4.79 Å². The van der Waals surface area contributed by atoms with Gasteiger partial charge >= 0.3 is 6.09 Å². The molecule has 0 atom stereocenters. The fraction of sp³-hybridized carbons (Fsp3) is 0.158. The average molecular weight is 341 g/mol. The molecule has 2 aromatic rings. The molecule has 0 bridgehead atoms. The Kier molecular flexibility index (Phi) is 6.59. The first kappa shape index (κ1) is 18.1. The third-order valence-corrected chi connectivity index (χ3v) is 3.42. The second kappa shape index (κ2) is 9.12. The monoisotopic (exact) mass is 341 g/mol. The number of carbonyl (C=O) groups is 2. The number of carbonyl (C=O) groups excluding carboxylic acids is 2. The number of nitrogens with one attached hydrogen (secondary N) is 1. The molecule has 25 heavy (non-hydrogen) atoms. The number of alkyl carbamates (subject to hydrolysis) is 1. The quantitative estimate of drug-likeness (QED) is 0.756. The summed E-state index contributed by atoms with van der Waals surface area (Å²) in [5, 5.41) is 12.6. The van der Waals surface area contributed by atoms with Gasteiger partial charge in [-0.2, -0.15) is 0 Å². The number of hydrogen-bond acceptors (Lipinski definition) is 5. The highest BCUT2D eigenvalue weighted by Gasteiger charge is 2.10. The van der Waals surface area contributed by atoms with Gasteiger partial charge in [0.25, 0.3) is 0 Å². The number of aldehydes is 1. The van der Waals surface area contributed by atoms with E-state index in [0.717, 1.165) is 5.56 Å². The molecule has 0 unspecified atom stereocenters. The van der Waals surface area contributed by atoms with Crippen molar-refractivity contribution < 1.29 is 24.2 Å². The molecule has 0 fully saturated rings. The van der Waals surface area contributed by atoms with Crippen LogP contribution in [0.1, 0.15) is 21.5 Å². The van der Waals surface area contributed by atoms with E-state index in [4.69, 9.17) is 9.47 Å². The molecule has 130 valence electrons. The number of ether oxygens (including phenoxy) is 2. The maximum atomic E-state index is 11.6. The zero-order valence-corrected chi connectivity index (χ0v) is 13.8. The van der Waals surface area contributed by atoms with Crippen molar-refractivity contribution in [3.05, 3.63) is 65.2 Å². The number of benzene rings is 2. The zero-order valence-electron chi connectivity index (χ0n) is 13.8. The molecule has 0 saturated carbocycles. The number of amides is 1. The van der Waals surface area contributed by atoms with Crippen molar-refractivity contribution in [2.24, 2.45) is 0 Å². The van der Waals surface area contributed by atoms with E-state index in [9.17, 15) is 14.7 Å². The van der Waals surface area contributed by atoms with Crippen LogP contribution in [0.5, 0.6) is 11.5 Å². The number of aromatic hydroxyl groups is 1. The Labute approximate surface area is 145 Å². The first-order chi connectivity index (χ1) is 12.2. The summed E-state index contributed by atoms with van der Waals surface area (Å²) in [5.41, 5.74) is 1.54. The van der Waals surface area contributed by atoms with Crippen LogP contribution in [0.15, 0.2) is 48.5 Å². The molecule has 0 heterocycles. The van der Waals surface area contributed by atoms with E-state index in [1.54, 1.807) is 18.2 Å². The third-order valence-electron chi connectivity index (χ3n) is 3.42. The number of rotatable bonds is 7. The Morgan fingerprint density at radius 3 is 2.64 bits per heavy atom. The highest BCUT2D eigenvalue weighted by atomic mass is 16.5. The first-order valence-electron chi connectivity index (χ1n) is 7.62. The van der Waals surface area contributed by atoms with Crippen LogP contribution in [0.2, 0.25) is 0 Å². The summed E-state index contributed by atoms with van der Waals surface area (Å²) in [5.74, 6) is 0.135. The van der Waals surface area contributed by atoms with Gasteiger partial charge in [0.2, 0.25) is 0 Å². The summed E-state index contributed by atoms with van der Waals surface area (Å²) in [7, 11) is 1.42. The minimum absolute atomic E-state index is 0.130. The number of methoxy groups -OCH3 is 1. The predicted molar refractivity (Wildman–Crippen MR) is 93.7 cm³/mol. The van der Waals surface area contributed by atoms with Gasteiger partial charge in [-0.05, 0) is 17.7 Å². The molecule has 0 aliphatic rings. The molecule has 6 heteroatoms. The topological polar surface area (TPSA) is 84.9 Å². The standard InChI is InChI=1S/C19H19NO5/c1-24-17-10-9-15(12-21)16(18(17)22)8-5-11-20-19(23)25-13-14-6-3-2-4-7-14/h2-10,12,22H,11,13H2,1H3,(H,20,23). The number of phenolic OH excluding ortho intramolecular Hbond substituents is 1. The maximum Gasteiger partial charge on any atom is 0.407 e. The van der Waals surface area contributed by atoms with Crippen LogP contribution >= 0.6 is 0 Å². The minimum Gasteiger partial charge on any atom is -0.504 e. The predicted octanol–water partition coefficient (Wildman–Crippen LogP) is 3.15. The van der Waals surface area contributed by atoms with Crippen molar-refractivity contribution in [1.82, 2.24) is 5.32 Å². The van der Waals surface area contributed by atoms with E-state index in [0.29, 0.717) is 17.4 Å². The summed E-state index contributed by atoms with van der Waals surface area (Å²) < 4.78 is 10.1. The van der Waals surface area contributed by atoms with Gasteiger partial charge in [0.1, 0.15) is 6.61 Å². The summed E-state index contributed by atoms with van der Waals surface area (Å²) in [4.78, 5) is 22.7. The van der Waals surface area contributed by atoms with Crippen molar-refractivity contribution in [2.75, 3.05) is 13.7 Å². The van der Waals surface area contributed by atoms with Crippen molar-refractivity contribution >= 4 is 18.5 Å². The Balaban J connectivity index is 1.89. The lowest BCUT2D eigenvalue weighted by atomic mass is 10.1. The van der Waals surface area contributed by atoms with Gasteiger partial charge < -0.3 is 19.9 Å². The number of hydrogen-bond donors (Lipinski definition) is 2. The molecule has 6 nitrogen and oxygen atoms in total. The summed E-state index contributed by atoms with van der Waals surface area (Å²) >= 11 is 0. The van der Waals surface area contributed by atoms with E-state index in [-0.39, 0.29) is 24.7 Å². The van der Waals surface area contributed by atoms with Gasteiger partial charge in [-0.15, -0.1) is 0 Å². The van der Waals surface area contributed by atoms with Crippen LogP contribution in [0.25, 0.3) is 6.08 Å². The summed E-state index contributed by atoms with van der Waals surface area (Å²) in [6.45, 7) is 0.366. The fourth-order valence-electron chi connectivity index (χ4n) is 2.14. The molecular formula is C19H19NO5. The van der Waals surface area contributed by atoms with Crippen LogP contribution < -0.4 is 10.1 Å². The lowest BCUT2D eigenvalue weighted by Gasteiger charge is -2.08. The largest absolute Gasteiger partial charge is 0.504 e. The van der Waals surface area contributed by atoms with Crippen molar-refractivity contribution in [3.8, 4) is 11.5 Å². The highest BCUT2D eigenvalue weighted by molar-refractivity contribution is 5.85. The molecule has 2 rings (SSSR count). The van der Waals surface area contributed by atoms with Crippen molar-refractivity contribution in [1.29, 1.82) is 0 Å². The van der Waals surface area contributed by atoms with Crippen molar-refractivity contribution in [3.63, 3.8) is 0 Å². The van der Waals surface area contributed by atoms with Gasteiger partial charge in [0.05, 0.1) is 7.11 Å². The van der Waals surface area contributed by atoms with E-state index in [2.05, 4.69) is 5.32 Å². The second-order valence-electron chi connectivity index (χ2n) is 5.08. The molecule has 0 aliphatic heterocycles. The molecule has 0 radical (unpaired) electrons. The van der Waals surface area contributed by atoms with Gasteiger partial charge in [0, 0.05) is 17.7 Å². The highest BCUT2D eigenvalue weighted by Crippen LogP contribution is 2.32. The summed E-state index contributed by atoms with van der Waals surface area (Å²) in [6.07, 6.45) is 3.23. The third kappa shape index (κ3) is 5.10. The van der Waals surface area contributed by atoms with E-state index >= 15 is 0 Å². The minimum atomic E-state index is -0.557. The average Bonchev–Trinajstić information content (AvgIpc) is 2.65. The molecule has 0 aromatic heterocycles. The van der Waals surface area contributed by atoms with Gasteiger partial charge in [-0.3, -0.25) is 4.79 Å². The van der Waals surface area contributed by atoms with Gasteiger partial charge in [0.15, 0.2) is 17.8 Å². The van der Waals surface area contributed by atoms with Crippen LogP contribution in [-0.4, -0.2) is 31.1 Å². The lowest BCUT2D eigenvalue weighted by Crippen LogP contribution is -2.24. The first-order valence-corrected chi connectivity index (χ1v) is 7.62. The number of phenols is 1. The molecule has 2 aromatic carbocycles. The van der Waals surface area contributed by atoms with Crippen LogP contribution in [-0.2, 0) is 11.3 Å². The SMILES string of the molecule is COc1ccc(C=O)c(C=CCNC(=O)OCc2ccccc2)c1O. The van der Waals surface area contributed by atoms with Gasteiger partial charge in [-0.1, -0.05) is 42.5 Å². The van der Waals surface area contributed by atoms with E-state index < -0.39 is 6.09 Å². The Bertz CT molecular complexity index is 756. The second-order valence-corrected chi connectivity index (χ2v) is 5.08. The fourth-order valence-corrected chi connectivity index (χ4v) is 2.14. The van der Waals surface area contributed by atoms with E-state index in [1.807, 2.05) is 30.3 Å².